The van der Waals surface area contributed by atoms with E-state index in [-0.39, 0.29) is 0 Å². The zero-order chi connectivity index (χ0) is 21.6. The van der Waals surface area contributed by atoms with Crippen molar-refractivity contribution in [3.8, 4) is 0 Å². The number of hydrogen-bond acceptors (Lipinski definition) is 4. The third-order valence-corrected chi connectivity index (χ3v) is 5.11. The first-order valence-corrected chi connectivity index (χ1v) is 10.0. The molecule has 0 spiro atoms. The van der Waals surface area contributed by atoms with Crippen molar-refractivity contribution in [2.45, 2.75) is 46.8 Å². The average molecular weight is 406 g/mol. The van der Waals surface area contributed by atoms with E-state index in [1.165, 1.54) is 10.5 Å². The second kappa shape index (κ2) is 7.16. The Kier molecular flexibility index (Phi) is 4.76. The fourth-order valence-corrected chi connectivity index (χ4v) is 3.67. The highest BCUT2D eigenvalue weighted by Gasteiger charge is 2.25. The predicted octanol–water partition coefficient (Wildman–Crippen LogP) is 4.72. The van der Waals surface area contributed by atoms with Crippen LogP contribution in [0.25, 0.3) is 16.7 Å². The Balaban J connectivity index is 1.90. The molecule has 1 aromatic carbocycles. The molecule has 0 saturated carbocycles. The third kappa shape index (κ3) is 3.51. The number of ether oxygens (including phenoxy) is 1. The van der Waals surface area contributed by atoms with Gasteiger partial charge in [-0.2, -0.15) is 0 Å². The Morgan fingerprint density at radius 1 is 1.07 bits per heavy atom. The Bertz CT molecular complexity index is 1230. The summed E-state index contributed by atoms with van der Waals surface area (Å²) in [6.45, 7) is 10.3. The van der Waals surface area contributed by atoms with Gasteiger partial charge in [-0.15, -0.1) is 10.2 Å². The van der Waals surface area contributed by atoms with E-state index in [4.69, 9.17) is 4.74 Å². The van der Waals surface area contributed by atoms with Gasteiger partial charge in [-0.3, -0.25) is 9.30 Å². The molecule has 30 heavy (non-hydrogen) atoms. The zero-order valence-corrected chi connectivity index (χ0v) is 18.3. The molecule has 0 saturated heterocycles. The van der Waals surface area contributed by atoms with E-state index in [2.05, 4.69) is 39.9 Å². The maximum absolute atomic E-state index is 12.8. The van der Waals surface area contributed by atoms with Crippen molar-refractivity contribution < 1.29 is 9.53 Å². The number of pyridine rings is 1. The monoisotopic (exact) mass is 405 g/mol. The van der Waals surface area contributed by atoms with Crippen molar-refractivity contribution in [1.29, 1.82) is 0 Å². The first kappa shape index (κ1) is 19.9. The first-order valence-electron chi connectivity index (χ1n) is 10.0. The van der Waals surface area contributed by atoms with Crippen LogP contribution in [0.15, 0.2) is 42.5 Å². The summed E-state index contributed by atoms with van der Waals surface area (Å²) in [7, 11) is 1.70. The van der Waals surface area contributed by atoms with Gasteiger partial charge in [0, 0.05) is 19.3 Å². The molecule has 0 fully saturated rings. The molecule has 0 bridgehead atoms. The third-order valence-electron chi connectivity index (χ3n) is 5.11. The van der Waals surface area contributed by atoms with Crippen LogP contribution in [0, 0.1) is 13.8 Å². The zero-order valence-electron chi connectivity index (χ0n) is 18.3. The summed E-state index contributed by atoms with van der Waals surface area (Å²) in [5.41, 5.74) is 5.06. The number of amides is 1. The maximum atomic E-state index is 12.8. The van der Waals surface area contributed by atoms with E-state index >= 15 is 0 Å². The van der Waals surface area contributed by atoms with Crippen LogP contribution >= 0.6 is 0 Å². The van der Waals surface area contributed by atoms with E-state index in [9.17, 15) is 4.79 Å². The molecule has 0 radical (unpaired) electrons. The molecular formula is C23H27N5O2. The Morgan fingerprint density at radius 3 is 2.43 bits per heavy atom. The SMILES string of the molecule is Cc1cc2c(cc(N(C)C(=O)OC(C)(C)C)c3nnc(C)n32)n1Cc1ccccc1. The Morgan fingerprint density at radius 2 is 1.77 bits per heavy atom. The lowest BCUT2D eigenvalue weighted by atomic mass is 10.2. The van der Waals surface area contributed by atoms with E-state index in [1.807, 2.05) is 56.4 Å². The number of hydrogen-bond donors (Lipinski definition) is 0. The summed E-state index contributed by atoms with van der Waals surface area (Å²) in [6.07, 6.45) is -0.428. The predicted molar refractivity (Wildman–Crippen MR) is 118 cm³/mol. The maximum Gasteiger partial charge on any atom is 0.414 e. The van der Waals surface area contributed by atoms with Gasteiger partial charge in [-0.1, -0.05) is 30.3 Å². The van der Waals surface area contributed by atoms with Gasteiger partial charge in [0.2, 0.25) is 0 Å². The van der Waals surface area contributed by atoms with Crippen molar-refractivity contribution in [1.82, 2.24) is 19.2 Å². The van der Waals surface area contributed by atoms with Crippen molar-refractivity contribution in [2.75, 3.05) is 11.9 Å². The summed E-state index contributed by atoms with van der Waals surface area (Å²) < 4.78 is 9.82. The van der Waals surface area contributed by atoms with Gasteiger partial charge < -0.3 is 9.30 Å². The molecule has 0 atom stereocenters. The number of nitrogens with zero attached hydrogens (tertiary/aromatic N) is 5. The quantitative estimate of drug-likeness (QED) is 0.495. The van der Waals surface area contributed by atoms with Crippen molar-refractivity contribution in [3.63, 3.8) is 0 Å². The number of rotatable bonds is 3. The molecule has 4 rings (SSSR count). The molecule has 0 aliphatic heterocycles. The van der Waals surface area contributed by atoms with Gasteiger partial charge in [0.15, 0.2) is 5.65 Å². The molecule has 0 N–H and O–H groups in total. The molecular weight excluding hydrogens is 378 g/mol. The van der Waals surface area contributed by atoms with Crippen LogP contribution in [0.1, 0.15) is 37.9 Å². The molecule has 0 aliphatic rings. The van der Waals surface area contributed by atoms with Crippen LogP contribution < -0.4 is 4.90 Å². The van der Waals surface area contributed by atoms with Crippen molar-refractivity contribution in [2.24, 2.45) is 0 Å². The standard InChI is InChI=1S/C23H27N5O2/c1-15-12-19-18(27(15)14-17-10-8-7-9-11-17)13-20(21-25-24-16(2)28(19)21)26(6)22(29)30-23(3,4)5/h7-13H,14H2,1-6H3. The highest BCUT2D eigenvalue weighted by Crippen LogP contribution is 2.31. The van der Waals surface area contributed by atoms with Crippen molar-refractivity contribution >= 4 is 28.5 Å². The number of fused-ring (bicyclic) bond motifs is 3. The summed E-state index contributed by atoms with van der Waals surface area (Å²) in [4.78, 5) is 14.3. The van der Waals surface area contributed by atoms with E-state index in [1.54, 1.807) is 7.05 Å². The van der Waals surface area contributed by atoms with Crippen LogP contribution in [0.3, 0.4) is 0 Å². The lowest BCUT2D eigenvalue weighted by Crippen LogP contribution is -2.34. The summed E-state index contributed by atoms with van der Waals surface area (Å²) in [5, 5.41) is 8.62. The fourth-order valence-electron chi connectivity index (χ4n) is 3.67. The minimum absolute atomic E-state index is 0.428. The Labute approximate surface area is 175 Å². The molecule has 156 valence electrons. The smallest absolute Gasteiger partial charge is 0.414 e. The van der Waals surface area contributed by atoms with Gasteiger partial charge in [-0.25, -0.2) is 4.79 Å². The van der Waals surface area contributed by atoms with Gasteiger partial charge >= 0.3 is 6.09 Å². The van der Waals surface area contributed by atoms with Crippen LogP contribution in [0.4, 0.5) is 10.5 Å². The van der Waals surface area contributed by atoms with Crippen molar-refractivity contribution in [3.05, 3.63) is 59.5 Å². The van der Waals surface area contributed by atoms with Gasteiger partial charge in [0.25, 0.3) is 0 Å². The molecule has 0 unspecified atom stereocenters. The van der Waals surface area contributed by atoms with Crippen LogP contribution in [-0.2, 0) is 11.3 Å². The highest BCUT2D eigenvalue weighted by molar-refractivity contribution is 5.97. The molecule has 3 heterocycles. The number of aromatic nitrogens is 4. The van der Waals surface area contributed by atoms with Gasteiger partial charge in [-0.05, 0) is 52.3 Å². The minimum Gasteiger partial charge on any atom is -0.443 e. The molecule has 4 aromatic rings. The van der Waals surface area contributed by atoms with E-state index in [0.717, 1.165) is 29.1 Å². The van der Waals surface area contributed by atoms with Crippen LogP contribution in [0.5, 0.6) is 0 Å². The number of anilines is 1. The summed E-state index contributed by atoms with van der Waals surface area (Å²) in [6, 6.07) is 14.5. The lowest BCUT2D eigenvalue weighted by Gasteiger charge is -2.25. The topological polar surface area (TPSA) is 64.7 Å². The highest BCUT2D eigenvalue weighted by atomic mass is 16.6. The molecule has 3 aromatic heterocycles. The normalized spacial score (nSPS) is 11.9. The lowest BCUT2D eigenvalue weighted by molar-refractivity contribution is 0.0589. The van der Waals surface area contributed by atoms with Gasteiger partial charge in [0.1, 0.15) is 11.4 Å². The largest absolute Gasteiger partial charge is 0.443 e. The number of aryl methyl sites for hydroxylation is 2. The summed E-state index contributed by atoms with van der Waals surface area (Å²) in [5.74, 6) is 0.770. The minimum atomic E-state index is -0.584. The molecule has 1 amide bonds. The second-order valence-corrected chi connectivity index (χ2v) is 8.60. The number of carbonyl (C=O) groups excluding carboxylic acids is 1. The number of benzene rings is 1. The molecule has 0 aliphatic carbocycles. The van der Waals surface area contributed by atoms with Crippen LogP contribution in [0.2, 0.25) is 0 Å². The molecule has 7 nitrogen and oxygen atoms in total. The fraction of sp³-hybridized carbons (Fsp3) is 0.348. The van der Waals surface area contributed by atoms with Gasteiger partial charge in [0.05, 0.1) is 16.7 Å². The molecule has 7 heteroatoms. The van der Waals surface area contributed by atoms with E-state index in [0.29, 0.717) is 11.3 Å². The van der Waals surface area contributed by atoms with E-state index < -0.39 is 11.7 Å². The average Bonchev–Trinajstić information content (AvgIpc) is 3.20. The number of carbonyl (C=O) groups is 1. The first-order chi connectivity index (χ1) is 14.2. The van der Waals surface area contributed by atoms with Crippen LogP contribution in [-0.4, -0.2) is 37.9 Å². The summed E-state index contributed by atoms with van der Waals surface area (Å²) >= 11 is 0. The second-order valence-electron chi connectivity index (χ2n) is 8.60. The Hall–Kier alpha value is -3.35.